The minimum Gasteiger partial charge on any atom is -0.357 e. The third-order valence-corrected chi connectivity index (χ3v) is 4.41. The van der Waals surface area contributed by atoms with Gasteiger partial charge in [0.25, 0.3) is 0 Å². The Balaban J connectivity index is 8.47. The first kappa shape index (κ1) is 41.1. The molecule has 0 unspecified atom stereocenters. The molecule has 3 nitrogen and oxygen atoms in total. The summed E-state index contributed by atoms with van der Waals surface area (Å²) in [6.45, 7) is 0. The van der Waals surface area contributed by atoms with Gasteiger partial charge >= 0.3 is 79.7 Å². The van der Waals surface area contributed by atoms with Crippen molar-refractivity contribution in [2.75, 3.05) is 0 Å². The summed E-state index contributed by atoms with van der Waals surface area (Å²) in [5, 5.41) is 0. The monoisotopic (exact) mass is 716 g/mol. The van der Waals surface area contributed by atoms with Gasteiger partial charge < -0.3 is 14.0 Å². The Morgan fingerprint density at radius 2 is 0.302 bits per heavy atom. The molecule has 0 aromatic rings. The summed E-state index contributed by atoms with van der Waals surface area (Å²) >= 11 is 0. The Morgan fingerprint density at radius 1 is 0.209 bits per heavy atom. The molecule has 0 saturated carbocycles. The smallest absolute Gasteiger partial charge is 0.357 e. The van der Waals surface area contributed by atoms with Gasteiger partial charge in [-0.15, -0.1) is 0 Å². The van der Waals surface area contributed by atoms with Crippen molar-refractivity contribution >= 4 is 7.32 Å². The van der Waals surface area contributed by atoms with E-state index in [1.807, 2.05) is 0 Å². The Kier molecular flexibility index (Phi) is 10.1. The lowest BCUT2D eigenvalue weighted by Gasteiger charge is -2.45. The van der Waals surface area contributed by atoms with Crippen LogP contribution in [0.1, 0.15) is 0 Å². The van der Waals surface area contributed by atoms with Gasteiger partial charge in [0, 0.05) is 0 Å². The van der Waals surface area contributed by atoms with Crippen molar-refractivity contribution in [3.05, 3.63) is 0 Å². The van der Waals surface area contributed by atoms with Crippen molar-refractivity contribution in [2.45, 2.75) is 72.4 Å². The molecule has 43 heavy (non-hydrogen) atoms. The lowest BCUT2D eigenvalue weighted by Crippen LogP contribution is -2.76. The molecule has 0 rings (SSSR count). The molecule has 0 fully saturated rings. The topological polar surface area (TPSA) is 27.7 Å². The highest BCUT2D eigenvalue weighted by atomic mass is 19.5. The van der Waals surface area contributed by atoms with Crippen LogP contribution < -0.4 is 0 Å². The van der Waals surface area contributed by atoms with Gasteiger partial charge in [-0.05, 0) is 0 Å². The molecule has 0 atom stereocenters. The fraction of sp³-hybridized carbons (Fsp3) is 1.00. The number of halogens is 27. The molecule has 0 saturated heterocycles. The highest BCUT2D eigenvalue weighted by Gasteiger charge is 2.92. The van der Waals surface area contributed by atoms with E-state index < -0.39 is 79.7 Å². The van der Waals surface area contributed by atoms with Crippen LogP contribution in [0.4, 0.5) is 119 Å². The number of rotatable bonds is 6. The summed E-state index contributed by atoms with van der Waals surface area (Å²) in [5.74, 6) is 0. The summed E-state index contributed by atoms with van der Waals surface area (Å²) in [5.41, 5.74) is -26.5. The molecule has 0 N–H and O–H groups in total. The zero-order valence-electron chi connectivity index (χ0n) is 18.0. The molecule has 0 aliphatic rings. The minimum atomic E-state index is -8.83. The maximum Gasteiger partial charge on any atom is 0.642 e. The third-order valence-electron chi connectivity index (χ3n) is 4.41. The van der Waals surface area contributed by atoms with E-state index in [1.54, 1.807) is 0 Å². The summed E-state index contributed by atoms with van der Waals surface area (Å²) in [4.78, 5) is 0. The standard InChI is InChI=1S/C12BF27O3/c14-4(15,16)1(5(17,18)19,6(20,21)22)41-13(42-2(7(23,24)25,8(26,27)28)9(29,30)31)43-3(10(32,33)34,11(35,36)37)12(38,39)40. The van der Waals surface area contributed by atoms with Crippen molar-refractivity contribution in [1.29, 1.82) is 0 Å². The Labute approximate surface area is 213 Å². The maximum atomic E-state index is 13.0. The third kappa shape index (κ3) is 6.56. The van der Waals surface area contributed by atoms with Crippen molar-refractivity contribution in [1.82, 2.24) is 0 Å². The lowest BCUT2D eigenvalue weighted by atomic mass is 9.93. The van der Waals surface area contributed by atoms with E-state index in [2.05, 4.69) is 0 Å². The second-order valence-electron chi connectivity index (χ2n) is 7.17. The van der Waals surface area contributed by atoms with Crippen molar-refractivity contribution < 1.29 is 133 Å². The molecular formula is C12BF27O3. The quantitative estimate of drug-likeness (QED) is 0.205. The van der Waals surface area contributed by atoms with Crippen LogP contribution in [0.2, 0.25) is 0 Å². The van der Waals surface area contributed by atoms with Crippen LogP contribution in [-0.4, -0.2) is 79.7 Å². The molecule has 0 bridgehead atoms. The van der Waals surface area contributed by atoms with Gasteiger partial charge in [0.15, 0.2) is 0 Å². The maximum absolute atomic E-state index is 13.0. The fourth-order valence-electron chi connectivity index (χ4n) is 2.55. The molecule has 258 valence electrons. The zero-order valence-corrected chi connectivity index (χ0v) is 18.0. The van der Waals surface area contributed by atoms with Crippen LogP contribution in [0.3, 0.4) is 0 Å². The first-order valence-corrected chi connectivity index (χ1v) is 8.67. The molecule has 0 amide bonds. The van der Waals surface area contributed by atoms with Crippen LogP contribution >= 0.6 is 0 Å². The Bertz CT molecular complexity index is 714. The fourth-order valence-corrected chi connectivity index (χ4v) is 2.55. The molecule has 0 aromatic heterocycles. The van der Waals surface area contributed by atoms with E-state index in [0.717, 1.165) is 0 Å². The van der Waals surface area contributed by atoms with Gasteiger partial charge in [0.05, 0.1) is 0 Å². The molecule has 0 heterocycles. The van der Waals surface area contributed by atoms with Crippen molar-refractivity contribution in [3.8, 4) is 0 Å². The van der Waals surface area contributed by atoms with Crippen LogP contribution in [-0.2, 0) is 14.0 Å². The van der Waals surface area contributed by atoms with Gasteiger partial charge in [-0.25, -0.2) is 0 Å². The predicted molar refractivity (Wildman–Crippen MR) is 71.7 cm³/mol. The van der Waals surface area contributed by atoms with Crippen LogP contribution in [0, 0.1) is 0 Å². The first-order valence-electron chi connectivity index (χ1n) is 8.67. The van der Waals surface area contributed by atoms with Gasteiger partial charge in [0.1, 0.15) is 0 Å². The van der Waals surface area contributed by atoms with Crippen molar-refractivity contribution in [3.63, 3.8) is 0 Å². The van der Waals surface area contributed by atoms with E-state index in [0.29, 0.717) is 0 Å². The molecule has 0 aliphatic carbocycles. The molecular weight excluding hydrogens is 716 g/mol. The average molecular weight is 716 g/mol. The van der Waals surface area contributed by atoms with E-state index in [-0.39, 0.29) is 0 Å². The second kappa shape index (κ2) is 10.6. The van der Waals surface area contributed by atoms with Gasteiger partial charge in [0.2, 0.25) is 0 Å². The summed E-state index contributed by atoms with van der Waals surface area (Å²) < 4.78 is 355. The molecule has 31 heteroatoms. The Morgan fingerprint density at radius 3 is 0.372 bits per heavy atom. The lowest BCUT2D eigenvalue weighted by molar-refractivity contribution is -0.473. The van der Waals surface area contributed by atoms with E-state index in [9.17, 15) is 119 Å². The van der Waals surface area contributed by atoms with Crippen molar-refractivity contribution in [2.24, 2.45) is 0 Å². The van der Waals surface area contributed by atoms with Crippen LogP contribution in [0.5, 0.6) is 0 Å². The summed E-state index contributed by atoms with van der Waals surface area (Å²) in [7, 11) is -7.42. The van der Waals surface area contributed by atoms with Crippen LogP contribution in [0.25, 0.3) is 0 Å². The number of hydrogen-bond donors (Lipinski definition) is 0. The van der Waals surface area contributed by atoms with Gasteiger partial charge in [-0.3, -0.25) is 0 Å². The first-order chi connectivity index (χ1) is 18.0. The molecule has 0 aromatic carbocycles. The van der Waals surface area contributed by atoms with E-state index in [4.69, 9.17) is 0 Å². The van der Waals surface area contributed by atoms with E-state index in [1.165, 1.54) is 14.0 Å². The minimum absolute atomic E-state index is 1.39. The SMILES string of the molecule is FC(F)(F)C(OB(OC(C(F)(F)F)(C(F)(F)F)C(F)(F)F)OC(C(F)(F)F)(C(F)(F)F)C(F)(F)F)(C(F)(F)F)C(F)(F)F. The van der Waals surface area contributed by atoms with Crippen LogP contribution in [0.15, 0.2) is 0 Å². The zero-order chi connectivity index (χ0) is 35.7. The highest BCUT2D eigenvalue weighted by molar-refractivity contribution is 6.37. The normalized spacial score (nSPS) is 16.5. The van der Waals surface area contributed by atoms with Gasteiger partial charge in [-0.1, -0.05) is 0 Å². The highest BCUT2D eigenvalue weighted by Crippen LogP contribution is 2.61. The number of hydrogen-bond acceptors (Lipinski definition) is 3. The summed E-state index contributed by atoms with van der Waals surface area (Å²) in [6.07, 6.45) is -78.1. The predicted octanol–water partition coefficient (Wildman–Crippen LogP) is 8.30. The Hall–Kier alpha value is -1.95. The van der Waals surface area contributed by atoms with E-state index >= 15 is 0 Å². The second-order valence-corrected chi connectivity index (χ2v) is 7.17. The molecule has 0 aliphatic heterocycles. The van der Waals surface area contributed by atoms with Gasteiger partial charge in [-0.2, -0.15) is 119 Å². The average Bonchev–Trinajstić information content (AvgIpc) is 2.57. The summed E-state index contributed by atoms with van der Waals surface area (Å²) in [6, 6.07) is 0. The largest absolute Gasteiger partial charge is 0.642 e. The number of alkyl halides is 27. The molecule has 0 spiro atoms. The molecule has 0 radical (unpaired) electrons.